The standard InChI is InChI=1S/C13H13ClN4O3/c1-8(2)12-15-7-11(18(20)21)17(12)13(19)16-10-5-3-9(14)4-6-10/h3-8H,1-2H3,(H,16,19). The molecule has 0 aliphatic heterocycles. The second kappa shape index (κ2) is 5.92. The summed E-state index contributed by atoms with van der Waals surface area (Å²) in [6.07, 6.45) is 1.08. The SMILES string of the molecule is CC(C)c1ncc([N+](=O)[O-])n1C(=O)Nc1ccc(Cl)cc1. The fourth-order valence-corrected chi connectivity index (χ4v) is 1.94. The zero-order valence-corrected chi connectivity index (χ0v) is 12.2. The number of hydrogen-bond donors (Lipinski definition) is 1. The lowest BCUT2D eigenvalue weighted by molar-refractivity contribution is -0.390. The molecule has 0 aliphatic carbocycles. The van der Waals surface area contributed by atoms with Crippen LogP contribution in [0.1, 0.15) is 25.6 Å². The van der Waals surface area contributed by atoms with Gasteiger partial charge in [-0.05, 0) is 29.2 Å². The Morgan fingerprint density at radius 1 is 1.38 bits per heavy atom. The Bertz CT molecular complexity index is 679. The maximum atomic E-state index is 12.3. The number of rotatable bonds is 3. The highest BCUT2D eigenvalue weighted by atomic mass is 35.5. The van der Waals surface area contributed by atoms with Crippen molar-refractivity contribution in [3.8, 4) is 0 Å². The van der Waals surface area contributed by atoms with E-state index in [9.17, 15) is 14.9 Å². The fourth-order valence-electron chi connectivity index (χ4n) is 1.81. The van der Waals surface area contributed by atoms with E-state index in [-0.39, 0.29) is 11.7 Å². The monoisotopic (exact) mass is 308 g/mol. The maximum absolute atomic E-state index is 12.3. The number of carbonyl (C=O) groups is 1. The fraction of sp³-hybridized carbons (Fsp3) is 0.231. The van der Waals surface area contributed by atoms with E-state index in [1.54, 1.807) is 38.1 Å². The molecule has 0 fully saturated rings. The first-order valence-electron chi connectivity index (χ1n) is 6.19. The molecule has 0 aliphatic rings. The van der Waals surface area contributed by atoms with Gasteiger partial charge in [0.2, 0.25) is 5.82 Å². The molecule has 2 aromatic rings. The smallest absolute Gasteiger partial charge is 0.358 e. The highest BCUT2D eigenvalue weighted by Crippen LogP contribution is 2.21. The van der Waals surface area contributed by atoms with Gasteiger partial charge in [0, 0.05) is 16.6 Å². The summed E-state index contributed by atoms with van der Waals surface area (Å²) in [6, 6.07) is 5.81. The van der Waals surface area contributed by atoms with Crippen LogP contribution in [0.5, 0.6) is 0 Å². The van der Waals surface area contributed by atoms with Gasteiger partial charge in [-0.3, -0.25) is 5.32 Å². The number of nitrogens with one attached hydrogen (secondary N) is 1. The van der Waals surface area contributed by atoms with Crippen molar-refractivity contribution < 1.29 is 9.72 Å². The highest BCUT2D eigenvalue weighted by Gasteiger charge is 2.28. The summed E-state index contributed by atoms with van der Waals surface area (Å²) in [7, 11) is 0. The number of carbonyl (C=O) groups excluding carboxylic acids is 1. The average molecular weight is 309 g/mol. The minimum Gasteiger partial charge on any atom is -0.358 e. The number of nitrogens with zero attached hydrogens (tertiary/aromatic N) is 3. The van der Waals surface area contributed by atoms with Gasteiger partial charge in [0.05, 0.1) is 0 Å². The third-order valence-corrected chi connectivity index (χ3v) is 3.02. The lowest BCUT2D eigenvalue weighted by Crippen LogP contribution is -2.23. The number of amides is 1. The van der Waals surface area contributed by atoms with Crippen LogP contribution in [0.15, 0.2) is 30.5 Å². The van der Waals surface area contributed by atoms with E-state index in [4.69, 9.17) is 11.6 Å². The summed E-state index contributed by atoms with van der Waals surface area (Å²) < 4.78 is 0.972. The summed E-state index contributed by atoms with van der Waals surface area (Å²) >= 11 is 5.76. The van der Waals surface area contributed by atoms with Gasteiger partial charge in [-0.2, -0.15) is 0 Å². The van der Waals surface area contributed by atoms with E-state index >= 15 is 0 Å². The highest BCUT2D eigenvalue weighted by molar-refractivity contribution is 6.30. The summed E-state index contributed by atoms with van der Waals surface area (Å²) in [6.45, 7) is 3.61. The molecule has 7 nitrogen and oxygen atoms in total. The Balaban J connectivity index is 2.35. The van der Waals surface area contributed by atoms with Crippen LogP contribution in [-0.4, -0.2) is 20.5 Å². The quantitative estimate of drug-likeness (QED) is 0.692. The number of halogens is 1. The van der Waals surface area contributed by atoms with Crippen LogP contribution in [0.2, 0.25) is 5.02 Å². The number of aromatic nitrogens is 2. The first kappa shape index (κ1) is 15.0. The van der Waals surface area contributed by atoms with Gasteiger partial charge in [0.15, 0.2) is 0 Å². The van der Waals surface area contributed by atoms with E-state index in [1.807, 2.05) is 0 Å². The van der Waals surface area contributed by atoms with E-state index in [0.29, 0.717) is 16.5 Å². The Hall–Kier alpha value is -2.41. The third-order valence-electron chi connectivity index (χ3n) is 2.77. The van der Waals surface area contributed by atoms with Gasteiger partial charge in [-0.25, -0.2) is 9.78 Å². The van der Waals surface area contributed by atoms with Gasteiger partial charge >= 0.3 is 11.8 Å². The van der Waals surface area contributed by atoms with Crippen molar-refractivity contribution in [2.24, 2.45) is 0 Å². The summed E-state index contributed by atoms with van der Waals surface area (Å²) in [5.74, 6) is -0.173. The average Bonchev–Trinajstić information content (AvgIpc) is 2.86. The number of anilines is 1. The van der Waals surface area contributed by atoms with Crippen LogP contribution < -0.4 is 5.32 Å². The first-order chi connectivity index (χ1) is 9.90. The molecule has 0 spiro atoms. The van der Waals surface area contributed by atoms with Crippen molar-refractivity contribution in [2.75, 3.05) is 5.32 Å². The molecular formula is C13H13ClN4O3. The topological polar surface area (TPSA) is 90.1 Å². The number of hydrogen-bond acceptors (Lipinski definition) is 4. The van der Waals surface area contributed by atoms with E-state index in [0.717, 1.165) is 10.8 Å². The molecule has 0 saturated heterocycles. The van der Waals surface area contributed by atoms with Crippen molar-refractivity contribution in [1.29, 1.82) is 0 Å². The number of imidazole rings is 1. The van der Waals surface area contributed by atoms with Crippen LogP contribution >= 0.6 is 11.6 Å². The molecule has 1 N–H and O–H groups in total. The van der Waals surface area contributed by atoms with E-state index in [1.165, 1.54) is 0 Å². The minimum absolute atomic E-state index is 0.130. The first-order valence-corrected chi connectivity index (χ1v) is 6.57. The van der Waals surface area contributed by atoms with E-state index < -0.39 is 11.0 Å². The Morgan fingerprint density at radius 2 is 2.00 bits per heavy atom. The van der Waals surface area contributed by atoms with Gasteiger partial charge in [-0.1, -0.05) is 25.4 Å². The molecule has 1 heterocycles. The molecule has 0 unspecified atom stereocenters. The van der Waals surface area contributed by atoms with Crippen LogP contribution in [0, 0.1) is 10.1 Å². The van der Waals surface area contributed by atoms with Gasteiger partial charge < -0.3 is 10.1 Å². The summed E-state index contributed by atoms with van der Waals surface area (Å²) in [4.78, 5) is 26.6. The Labute approximate surface area is 125 Å². The Kier molecular flexibility index (Phi) is 4.23. The molecule has 8 heteroatoms. The summed E-state index contributed by atoms with van der Waals surface area (Å²) in [5.41, 5.74) is 0.488. The molecule has 0 bridgehead atoms. The van der Waals surface area contributed by atoms with Crippen LogP contribution in [0.25, 0.3) is 0 Å². The van der Waals surface area contributed by atoms with Crippen LogP contribution in [-0.2, 0) is 0 Å². The lowest BCUT2D eigenvalue weighted by atomic mass is 10.2. The normalized spacial score (nSPS) is 10.7. The Morgan fingerprint density at radius 3 is 2.52 bits per heavy atom. The number of nitro groups is 1. The second-order valence-corrected chi connectivity index (χ2v) is 5.10. The molecule has 110 valence electrons. The third kappa shape index (κ3) is 3.19. The molecule has 1 aromatic heterocycles. The van der Waals surface area contributed by atoms with Gasteiger partial charge in [0.25, 0.3) is 0 Å². The molecule has 2 rings (SSSR count). The zero-order valence-electron chi connectivity index (χ0n) is 11.4. The zero-order chi connectivity index (χ0) is 15.6. The lowest BCUT2D eigenvalue weighted by Gasteiger charge is -2.07. The second-order valence-electron chi connectivity index (χ2n) is 4.66. The van der Waals surface area contributed by atoms with Crippen molar-refractivity contribution >= 4 is 29.1 Å². The predicted molar refractivity (Wildman–Crippen MR) is 78.8 cm³/mol. The van der Waals surface area contributed by atoms with Crippen molar-refractivity contribution in [1.82, 2.24) is 9.55 Å². The van der Waals surface area contributed by atoms with Crippen molar-refractivity contribution in [3.05, 3.63) is 51.4 Å². The van der Waals surface area contributed by atoms with Crippen LogP contribution in [0.4, 0.5) is 16.3 Å². The molecule has 1 amide bonds. The van der Waals surface area contributed by atoms with Gasteiger partial charge in [-0.15, -0.1) is 4.57 Å². The van der Waals surface area contributed by atoms with Crippen LogP contribution in [0.3, 0.4) is 0 Å². The molecule has 21 heavy (non-hydrogen) atoms. The predicted octanol–water partition coefficient (Wildman–Crippen LogP) is 3.65. The minimum atomic E-state index is -0.639. The molecule has 1 aromatic carbocycles. The molecule has 0 saturated carbocycles. The van der Waals surface area contributed by atoms with Crippen molar-refractivity contribution in [2.45, 2.75) is 19.8 Å². The molecule has 0 atom stereocenters. The molecule has 0 radical (unpaired) electrons. The van der Waals surface area contributed by atoms with Crippen molar-refractivity contribution in [3.63, 3.8) is 0 Å². The summed E-state index contributed by atoms with van der Waals surface area (Å²) in [5, 5.41) is 14.1. The van der Waals surface area contributed by atoms with E-state index in [2.05, 4.69) is 10.3 Å². The molecular weight excluding hydrogens is 296 g/mol. The largest absolute Gasteiger partial charge is 0.419 e. The van der Waals surface area contributed by atoms with Gasteiger partial charge in [0.1, 0.15) is 6.20 Å². The number of benzene rings is 1. The maximum Gasteiger partial charge on any atom is 0.419 e.